The number of carbonyl (C=O) groups excluding carboxylic acids is 2. The van der Waals surface area contributed by atoms with Gasteiger partial charge in [-0.1, -0.05) is 0 Å². The molecule has 1 N–H and O–H groups in total. The van der Waals surface area contributed by atoms with Crippen molar-refractivity contribution in [1.82, 2.24) is 0 Å². The molecule has 0 spiro atoms. The summed E-state index contributed by atoms with van der Waals surface area (Å²) in [4.78, 5) is 20.6. The van der Waals surface area contributed by atoms with Gasteiger partial charge in [-0.2, -0.15) is 0 Å². The number of likely N-dealkylation sites (N-methyl/N-ethyl adjacent to an activating group) is 1. The summed E-state index contributed by atoms with van der Waals surface area (Å²) in [7, 11) is 5.23. The summed E-state index contributed by atoms with van der Waals surface area (Å²) in [5, 5.41) is 19.0. The summed E-state index contributed by atoms with van der Waals surface area (Å²) in [6.45, 7) is 0.0623. The van der Waals surface area contributed by atoms with Crippen molar-refractivity contribution in [3.63, 3.8) is 0 Å². The molecule has 0 saturated heterocycles. The van der Waals surface area contributed by atoms with Gasteiger partial charge in [0.25, 0.3) is 0 Å². The second kappa shape index (κ2) is 3.64. The molecule has 5 heteroatoms. The fourth-order valence-corrected chi connectivity index (χ4v) is 0.738. The molecule has 0 amide bonds. The molecule has 0 saturated carbocycles. The fourth-order valence-electron chi connectivity index (χ4n) is 0.738. The zero-order chi connectivity index (χ0) is 9.94. The van der Waals surface area contributed by atoms with Crippen molar-refractivity contribution in [2.75, 3.05) is 27.7 Å². The van der Waals surface area contributed by atoms with Crippen molar-refractivity contribution >= 4 is 11.8 Å². The Bertz CT molecular complexity index is 194. The van der Waals surface area contributed by atoms with E-state index in [0.29, 0.717) is 4.48 Å². The highest BCUT2D eigenvalue weighted by atomic mass is 16.4. The van der Waals surface area contributed by atoms with Crippen LogP contribution < -0.4 is 5.11 Å². The first-order valence-electron chi connectivity index (χ1n) is 3.48. The Balaban J connectivity index is 4.14. The van der Waals surface area contributed by atoms with E-state index in [1.54, 1.807) is 21.1 Å². The highest BCUT2D eigenvalue weighted by Crippen LogP contribution is 1.95. The monoisotopic (exact) mass is 175 g/mol. The predicted octanol–water partition coefficient (Wildman–Crippen LogP) is -2.63. The molecule has 0 aliphatic rings. The van der Waals surface area contributed by atoms with Crippen LogP contribution in [-0.4, -0.2) is 55.1 Å². The predicted molar refractivity (Wildman–Crippen MR) is 38.9 cm³/mol. The maximum atomic E-state index is 10.6. The van der Waals surface area contributed by atoms with Crippen LogP contribution in [0.15, 0.2) is 0 Å². The van der Waals surface area contributed by atoms with E-state index in [9.17, 15) is 14.7 Å². The van der Waals surface area contributed by atoms with Gasteiger partial charge in [-0.3, -0.25) is 4.79 Å². The number of Topliss-reactive ketones (excluding diaryl/α,β-unsaturated/α-hetero) is 1. The van der Waals surface area contributed by atoms with E-state index in [4.69, 9.17) is 5.11 Å². The zero-order valence-corrected chi connectivity index (χ0v) is 7.40. The van der Waals surface area contributed by atoms with E-state index >= 15 is 0 Å². The molecular formula is C7H13NO4. The minimum Gasteiger partial charge on any atom is -0.542 e. The Morgan fingerprint density at radius 2 is 1.83 bits per heavy atom. The number of carboxylic acids is 1. The number of aliphatic hydroxyl groups excluding tert-OH is 1. The zero-order valence-electron chi connectivity index (χ0n) is 7.40. The van der Waals surface area contributed by atoms with Crippen LogP contribution in [0.4, 0.5) is 0 Å². The molecule has 0 aliphatic carbocycles. The van der Waals surface area contributed by atoms with Crippen LogP contribution in [0.25, 0.3) is 0 Å². The molecule has 0 aliphatic heterocycles. The number of aliphatic carboxylic acids is 1. The maximum absolute atomic E-state index is 10.6. The molecule has 70 valence electrons. The molecule has 0 aromatic heterocycles. The lowest BCUT2D eigenvalue weighted by atomic mass is 10.2. The first-order valence-corrected chi connectivity index (χ1v) is 3.48. The first kappa shape index (κ1) is 11.1. The third kappa shape index (κ3) is 4.05. The normalized spacial score (nSPS) is 14.0. The molecule has 1 unspecified atom stereocenters. The van der Waals surface area contributed by atoms with Crippen LogP contribution >= 0.6 is 0 Å². The smallest absolute Gasteiger partial charge is 0.212 e. The highest BCUT2D eigenvalue weighted by molar-refractivity contribution is 6.33. The van der Waals surface area contributed by atoms with Crippen LogP contribution in [0.1, 0.15) is 0 Å². The van der Waals surface area contributed by atoms with Gasteiger partial charge in [-0.25, -0.2) is 0 Å². The lowest BCUT2D eigenvalue weighted by molar-refractivity contribution is -0.872. The minimum atomic E-state index is -1.84. The van der Waals surface area contributed by atoms with Crippen molar-refractivity contribution < 1.29 is 24.3 Å². The van der Waals surface area contributed by atoms with Crippen LogP contribution in [0.5, 0.6) is 0 Å². The molecular weight excluding hydrogens is 162 g/mol. The average molecular weight is 175 g/mol. The Morgan fingerprint density at radius 1 is 1.42 bits per heavy atom. The van der Waals surface area contributed by atoms with Crippen LogP contribution in [0, 0.1) is 0 Å². The van der Waals surface area contributed by atoms with E-state index in [1.165, 1.54) is 0 Å². The van der Waals surface area contributed by atoms with Crippen molar-refractivity contribution in [1.29, 1.82) is 0 Å². The number of aliphatic hydroxyl groups is 1. The van der Waals surface area contributed by atoms with Gasteiger partial charge in [0, 0.05) is 0 Å². The SMILES string of the molecule is C[N+](C)(C)CC(O)C(=O)C(=O)[O-]. The number of nitrogens with zero attached hydrogens (tertiary/aromatic N) is 1. The van der Waals surface area contributed by atoms with Crippen LogP contribution in [0.3, 0.4) is 0 Å². The number of ketones is 1. The largest absolute Gasteiger partial charge is 0.542 e. The number of carboxylic acid groups (broad SMARTS) is 1. The topological polar surface area (TPSA) is 77.4 Å². The van der Waals surface area contributed by atoms with Crippen molar-refractivity contribution in [3.8, 4) is 0 Å². The number of hydrogen-bond donors (Lipinski definition) is 1. The summed E-state index contributed by atoms with van der Waals surface area (Å²) in [5.74, 6) is -3.10. The molecule has 0 heterocycles. The van der Waals surface area contributed by atoms with E-state index in [1.807, 2.05) is 0 Å². The number of hydrogen-bond acceptors (Lipinski definition) is 4. The van der Waals surface area contributed by atoms with Crippen molar-refractivity contribution in [3.05, 3.63) is 0 Å². The molecule has 0 aromatic rings. The first-order chi connectivity index (χ1) is 5.24. The van der Waals surface area contributed by atoms with E-state index < -0.39 is 17.9 Å². The summed E-state index contributed by atoms with van der Waals surface area (Å²) >= 11 is 0. The highest BCUT2D eigenvalue weighted by Gasteiger charge is 2.22. The van der Waals surface area contributed by atoms with Gasteiger partial charge in [-0.15, -0.1) is 0 Å². The Kier molecular flexibility index (Phi) is 3.36. The molecule has 1 atom stereocenters. The second-order valence-electron chi connectivity index (χ2n) is 3.64. The van der Waals surface area contributed by atoms with Gasteiger partial charge in [0.05, 0.1) is 21.1 Å². The van der Waals surface area contributed by atoms with Crippen molar-refractivity contribution in [2.24, 2.45) is 0 Å². The second-order valence-corrected chi connectivity index (χ2v) is 3.64. The molecule has 0 bridgehead atoms. The third-order valence-electron chi connectivity index (χ3n) is 1.22. The van der Waals surface area contributed by atoms with Crippen molar-refractivity contribution in [2.45, 2.75) is 6.10 Å². The lowest BCUT2D eigenvalue weighted by Gasteiger charge is -2.26. The van der Waals surface area contributed by atoms with Gasteiger partial charge >= 0.3 is 0 Å². The third-order valence-corrected chi connectivity index (χ3v) is 1.22. The Morgan fingerprint density at radius 3 is 2.08 bits per heavy atom. The number of carbonyl (C=O) groups is 2. The molecule has 12 heavy (non-hydrogen) atoms. The average Bonchev–Trinajstić information content (AvgIpc) is 1.82. The molecule has 5 nitrogen and oxygen atoms in total. The van der Waals surface area contributed by atoms with Gasteiger partial charge in [-0.05, 0) is 0 Å². The summed E-state index contributed by atoms with van der Waals surface area (Å²) < 4.78 is 0.320. The molecule has 0 aromatic carbocycles. The Labute approximate surface area is 70.8 Å². The summed E-state index contributed by atoms with van der Waals surface area (Å²) in [6, 6.07) is 0. The quantitative estimate of drug-likeness (QED) is 0.374. The summed E-state index contributed by atoms with van der Waals surface area (Å²) in [6.07, 6.45) is -1.48. The van der Waals surface area contributed by atoms with Crippen LogP contribution in [-0.2, 0) is 9.59 Å². The maximum Gasteiger partial charge on any atom is 0.212 e. The van der Waals surface area contributed by atoms with Gasteiger partial charge in [0.2, 0.25) is 5.78 Å². The van der Waals surface area contributed by atoms with Crippen LogP contribution in [0.2, 0.25) is 0 Å². The number of quaternary nitrogens is 1. The Hall–Kier alpha value is -0.940. The van der Waals surface area contributed by atoms with E-state index in [2.05, 4.69) is 0 Å². The summed E-state index contributed by atoms with van der Waals surface area (Å²) in [5.41, 5.74) is 0. The lowest BCUT2D eigenvalue weighted by Crippen LogP contribution is -2.48. The minimum absolute atomic E-state index is 0.0623. The van der Waals surface area contributed by atoms with Gasteiger partial charge in [0.15, 0.2) is 6.10 Å². The van der Waals surface area contributed by atoms with Gasteiger partial charge in [0.1, 0.15) is 12.5 Å². The van der Waals surface area contributed by atoms with E-state index in [0.717, 1.165) is 0 Å². The molecule has 0 rings (SSSR count). The molecule has 0 radical (unpaired) electrons. The standard InChI is InChI=1S/C7H13NO4/c1-8(2,3)4-5(9)6(10)7(11)12/h5,9H,4H2,1-3H3. The van der Waals surface area contributed by atoms with Gasteiger partial charge < -0.3 is 19.5 Å². The fraction of sp³-hybridized carbons (Fsp3) is 0.714. The molecule has 0 fully saturated rings. The van der Waals surface area contributed by atoms with E-state index in [-0.39, 0.29) is 6.54 Å². The number of rotatable bonds is 4.